The molecule has 0 bridgehead atoms. The molecule has 1 rings (SSSR count). The zero-order valence-electron chi connectivity index (χ0n) is 9.18. The van der Waals surface area contributed by atoms with Gasteiger partial charge in [0.05, 0.1) is 0 Å². The van der Waals surface area contributed by atoms with Crippen LogP contribution in [0.25, 0.3) is 0 Å². The van der Waals surface area contributed by atoms with Crippen molar-refractivity contribution in [1.82, 2.24) is 0 Å². The van der Waals surface area contributed by atoms with Crippen LogP contribution in [0, 0.1) is 0 Å². The monoisotopic (exact) mass is 280 g/mol. The molecule has 2 unspecified atom stereocenters. The molecule has 0 spiro atoms. The molecule has 0 amide bonds. The van der Waals surface area contributed by atoms with Crippen molar-refractivity contribution in [3.63, 3.8) is 0 Å². The van der Waals surface area contributed by atoms with Crippen LogP contribution in [0.15, 0.2) is 0 Å². The van der Waals surface area contributed by atoms with Crippen LogP contribution in [0.5, 0.6) is 0 Å². The van der Waals surface area contributed by atoms with Gasteiger partial charge in [0.1, 0.15) is 0 Å². The van der Waals surface area contributed by atoms with Crippen LogP contribution in [0.2, 0.25) is 0 Å². The summed E-state index contributed by atoms with van der Waals surface area (Å²) in [6, 6.07) is 0. The van der Waals surface area contributed by atoms with Gasteiger partial charge in [-0.25, -0.2) is 0 Å². The first kappa shape index (κ1) is 15.1. The summed E-state index contributed by atoms with van der Waals surface area (Å²) in [6.07, 6.45) is -5.80. The van der Waals surface area contributed by atoms with Gasteiger partial charge in [0.2, 0.25) is 0 Å². The summed E-state index contributed by atoms with van der Waals surface area (Å²) >= 11 is 0. The summed E-state index contributed by atoms with van der Waals surface area (Å²) in [4.78, 5) is 10.6. The molecule has 1 fully saturated rings. The predicted octanol–water partition coefficient (Wildman–Crippen LogP) is 1.16. The van der Waals surface area contributed by atoms with E-state index in [-0.39, 0.29) is 0 Å². The molecule has 0 aliphatic carbocycles. The minimum absolute atomic E-state index is 0.396. The maximum atomic E-state index is 13.7. The highest BCUT2D eigenvalue weighted by molar-refractivity contribution is 5.66. The highest BCUT2D eigenvalue weighted by atomic mass is 19.4. The van der Waals surface area contributed by atoms with Crippen molar-refractivity contribution >= 4 is 5.97 Å². The average Bonchev–Trinajstić information content (AvgIpc) is 2.11. The summed E-state index contributed by atoms with van der Waals surface area (Å²) in [6.45, 7) is -0.226. The molecule has 1 heterocycles. The minimum Gasteiger partial charge on any atom is -0.426 e. The van der Waals surface area contributed by atoms with Crippen molar-refractivity contribution in [3.05, 3.63) is 0 Å². The largest absolute Gasteiger partial charge is 0.450 e. The van der Waals surface area contributed by atoms with Gasteiger partial charge in [-0.2, -0.15) is 22.0 Å². The summed E-state index contributed by atoms with van der Waals surface area (Å²) in [7, 11) is 0. The number of hydrogen-bond donors (Lipinski definition) is 1. The Morgan fingerprint density at radius 2 is 1.83 bits per heavy atom. The van der Waals surface area contributed by atoms with Gasteiger partial charge in [0, 0.05) is 13.8 Å². The molecule has 0 radical (unpaired) electrons. The Bertz CT molecular complexity index is 356. The fourth-order valence-corrected chi connectivity index (χ4v) is 1.34. The number of rotatable bonds is 1. The van der Waals surface area contributed by atoms with E-state index < -0.39 is 36.4 Å². The van der Waals surface area contributed by atoms with Crippen molar-refractivity contribution in [2.75, 3.05) is 6.79 Å². The van der Waals surface area contributed by atoms with E-state index in [1.807, 2.05) is 0 Å². The van der Waals surface area contributed by atoms with Crippen molar-refractivity contribution in [3.8, 4) is 0 Å². The Balaban J connectivity index is 3.24. The van der Waals surface area contributed by atoms with Gasteiger partial charge in [-0.3, -0.25) is 4.79 Å². The van der Waals surface area contributed by atoms with Crippen LogP contribution < -0.4 is 0 Å². The second kappa shape index (κ2) is 4.00. The van der Waals surface area contributed by atoms with Crippen LogP contribution in [-0.4, -0.2) is 41.5 Å². The lowest BCUT2D eigenvalue weighted by Crippen LogP contribution is -2.73. The Morgan fingerprint density at radius 3 is 2.22 bits per heavy atom. The highest BCUT2D eigenvalue weighted by Gasteiger charge is 2.81. The predicted molar refractivity (Wildman–Crippen MR) is 43.2 cm³/mol. The van der Waals surface area contributed by atoms with E-state index in [2.05, 4.69) is 14.2 Å². The van der Waals surface area contributed by atoms with Gasteiger partial charge < -0.3 is 19.3 Å². The third-order valence-corrected chi connectivity index (χ3v) is 2.32. The summed E-state index contributed by atoms with van der Waals surface area (Å²) in [5.41, 5.74) is 0. The maximum absolute atomic E-state index is 13.7. The second-order valence-corrected chi connectivity index (χ2v) is 3.66. The van der Waals surface area contributed by atoms with Crippen molar-refractivity contribution < 1.29 is 46.1 Å². The summed E-state index contributed by atoms with van der Waals surface area (Å²) in [5, 5.41) is 9.02. The lowest BCUT2D eigenvalue weighted by atomic mass is 9.99. The molecule has 18 heavy (non-hydrogen) atoms. The number of halogens is 5. The van der Waals surface area contributed by atoms with Crippen molar-refractivity contribution in [1.29, 1.82) is 0 Å². The number of alkyl halides is 5. The number of carbonyl (C=O) groups excluding carboxylic acids is 1. The van der Waals surface area contributed by atoms with Gasteiger partial charge >= 0.3 is 23.9 Å². The molecule has 1 N–H and O–H groups in total. The summed E-state index contributed by atoms with van der Waals surface area (Å²) < 4.78 is 76.5. The average molecular weight is 280 g/mol. The van der Waals surface area contributed by atoms with Gasteiger partial charge in [-0.1, -0.05) is 0 Å². The fraction of sp³-hybridized carbons (Fsp3) is 0.875. The van der Waals surface area contributed by atoms with E-state index in [9.17, 15) is 26.7 Å². The lowest BCUT2D eigenvalue weighted by Gasteiger charge is -2.47. The van der Waals surface area contributed by atoms with Crippen LogP contribution in [0.3, 0.4) is 0 Å². The Hall–Kier alpha value is -1.00. The minimum atomic E-state index is -5.80. The van der Waals surface area contributed by atoms with E-state index in [0.29, 0.717) is 13.8 Å². The normalized spacial score (nSPS) is 36.2. The Morgan fingerprint density at radius 1 is 1.33 bits per heavy atom. The third kappa shape index (κ3) is 1.93. The SMILES string of the molecule is CC(=O)OC1(C)OCOC(O)(C(F)(F)F)C1(F)F. The molecule has 0 saturated carbocycles. The molecule has 0 aromatic heterocycles. The van der Waals surface area contributed by atoms with E-state index in [1.54, 1.807) is 0 Å². The molecule has 1 aliphatic rings. The van der Waals surface area contributed by atoms with Crippen molar-refractivity contribution in [2.45, 2.75) is 37.5 Å². The molecular weight excluding hydrogens is 271 g/mol. The molecule has 2 atom stereocenters. The van der Waals surface area contributed by atoms with E-state index in [0.717, 1.165) is 0 Å². The lowest BCUT2D eigenvalue weighted by molar-refractivity contribution is -0.525. The van der Waals surface area contributed by atoms with E-state index in [1.165, 1.54) is 0 Å². The van der Waals surface area contributed by atoms with Gasteiger partial charge in [-0.15, -0.1) is 0 Å². The fourth-order valence-electron chi connectivity index (χ4n) is 1.34. The van der Waals surface area contributed by atoms with Crippen LogP contribution in [-0.2, 0) is 19.0 Å². The smallest absolute Gasteiger partial charge is 0.426 e. The van der Waals surface area contributed by atoms with Gasteiger partial charge in [0.15, 0.2) is 6.79 Å². The molecule has 1 saturated heterocycles. The molecular formula is C8H9F5O5. The maximum Gasteiger partial charge on any atom is 0.450 e. The van der Waals surface area contributed by atoms with Crippen LogP contribution in [0.1, 0.15) is 13.8 Å². The van der Waals surface area contributed by atoms with E-state index >= 15 is 0 Å². The molecule has 10 heteroatoms. The molecule has 0 aromatic carbocycles. The number of aliphatic hydroxyl groups is 1. The first-order valence-corrected chi connectivity index (χ1v) is 4.52. The standard InChI is InChI=1S/C8H9F5O5/c1-4(14)18-5(2)6(9,10)7(15,8(11,12)13)17-3-16-5/h15H,3H2,1-2H3. The van der Waals surface area contributed by atoms with Crippen LogP contribution in [0.4, 0.5) is 22.0 Å². The number of ether oxygens (including phenoxy) is 3. The number of esters is 1. The molecule has 0 aromatic rings. The van der Waals surface area contributed by atoms with Gasteiger partial charge in [-0.05, 0) is 0 Å². The highest BCUT2D eigenvalue weighted by Crippen LogP contribution is 2.52. The first-order valence-electron chi connectivity index (χ1n) is 4.52. The van der Waals surface area contributed by atoms with Gasteiger partial charge in [0.25, 0.3) is 5.79 Å². The number of carbonyl (C=O) groups is 1. The molecule has 106 valence electrons. The number of hydrogen-bond acceptors (Lipinski definition) is 5. The zero-order valence-corrected chi connectivity index (χ0v) is 9.18. The topological polar surface area (TPSA) is 65.0 Å². The molecule has 1 aliphatic heterocycles. The van der Waals surface area contributed by atoms with Crippen molar-refractivity contribution in [2.24, 2.45) is 0 Å². The first-order chi connectivity index (χ1) is 7.87. The Labute approximate surface area is 97.4 Å². The quantitative estimate of drug-likeness (QED) is 0.576. The zero-order chi connectivity index (χ0) is 14.4. The molecule has 5 nitrogen and oxygen atoms in total. The Kier molecular flexibility index (Phi) is 3.35. The second-order valence-electron chi connectivity index (χ2n) is 3.66. The van der Waals surface area contributed by atoms with Crippen LogP contribution >= 0.6 is 0 Å². The van der Waals surface area contributed by atoms with E-state index in [4.69, 9.17) is 5.11 Å². The summed E-state index contributed by atoms with van der Waals surface area (Å²) in [5.74, 6) is -14.4. The third-order valence-electron chi connectivity index (χ3n) is 2.32.